The number of carbonyl (C=O) groups excluding carboxylic acids is 2. The summed E-state index contributed by atoms with van der Waals surface area (Å²) in [5.41, 5.74) is 3.51. The summed E-state index contributed by atoms with van der Waals surface area (Å²) < 4.78 is 0. The van der Waals surface area contributed by atoms with Crippen molar-refractivity contribution in [1.82, 2.24) is 4.90 Å². The van der Waals surface area contributed by atoms with E-state index >= 15 is 0 Å². The van der Waals surface area contributed by atoms with Gasteiger partial charge in [-0.25, -0.2) is 0 Å². The molecule has 1 aliphatic rings. The monoisotopic (exact) mass is 450 g/mol. The molecule has 0 bridgehead atoms. The number of halogens is 1. The summed E-state index contributed by atoms with van der Waals surface area (Å²) in [6.45, 7) is 1.39. The summed E-state index contributed by atoms with van der Waals surface area (Å²) in [6.07, 6.45) is 1.55. The van der Waals surface area contributed by atoms with Gasteiger partial charge in [0, 0.05) is 46.4 Å². The molecule has 0 atom stereocenters. The Morgan fingerprint density at radius 1 is 1.00 bits per heavy atom. The van der Waals surface area contributed by atoms with Gasteiger partial charge in [-0.2, -0.15) is 0 Å². The first kappa shape index (κ1) is 21.5. The highest BCUT2D eigenvalue weighted by atomic mass is 35.5. The minimum atomic E-state index is -0.147. The molecule has 2 amide bonds. The summed E-state index contributed by atoms with van der Waals surface area (Å²) in [5.74, 6) is 0.871. The molecule has 0 spiro atoms. The van der Waals surface area contributed by atoms with Gasteiger partial charge in [0.1, 0.15) is 0 Å². The second-order valence-electron chi connectivity index (χ2n) is 7.51. The molecule has 3 aromatic carbocycles. The number of likely N-dealkylation sites (tertiary alicyclic amines) is 1. The zero-order chi connectivity index (χ0) is 21.6. The highest BCUT2D eigenvalue weighted by molar-refractivity contribution is 7.98. The number of amides is 2. The average molecular weight is 451 g/mol. The van der Waals surface area contributed by atoms with Gasteiger partial charge in [0.15, 0.2) is 0 Å². The Morgan fingerprint density at radius 3 is 2.48 bits per heavy atom. The molecule has 0 unspecified atom stereocenters. The standard InChI is InChI=1S/C25H23ClN2O2S/c26-21-10-12-23(13-11-21)31-17-18-6-8-20(9-7-18)25(30)27-22-4-1-3-19(15-22)16-28-14-2-5-24(28)29/h1,3-4,6-13,15H,2,5,14,16-17H2,(H,27,30). The van der Waals surface area contributed by atoms with Gasteiger partial charge in [0.25, 0.3) is 5.91 Å². The van der Waals surface area contributed by atoms with Crippen LogP contribution in [0.3, 0.4) is 0 Å². The number of benzene rings is 3. The molecule has 4 rings (SSSR count). The van der Waals surface area contributed by atoms with Gasteiger partial charge in [0.05, 0.1) is 0 Å². The molecule has 1 aliphatic heterocycles. The van der Waals surface area contributed by atoms with Gasteiger partial charge in [-0.1, -0.05) is 35.9 Å². The van der Waals surface area contributed by atoms with Crippen molar-refractivity contribution in [3.63, 3.8) is 0 Å². The van der Waals surface area contributed by atoms with E-state index in [1.165, 1.54) is 0 Å². The minimum absolute atomic E-state index is 0.147. The molecule has 6 heteroatoms. The molecule has 0 aromatic heterocycles. The van der Waals surface area contributed by atoms with E-state index in [1.807, 2.05) is 77.7 Å². The Balaban J connectivity index is 1.33. The normalized spacial score (nSPS) is 13.5. The molecule has 1 fully saturated rings. The van der Waals surface area contributed by atoms with Gasteiger partial charge in [-0.3, -0.25) is 9.59 Å². The second-order valence-corrected chi connectivity index (χ2v) is 9.00. The predicted octanol–water partition coefficient (Wildman–Crippen LogP) is 6.01. The summed E-state index contributed by atoms with van der Waals surface area (Å²) >= 11 is 7.65. The van der Waals surface area contributed by atoms with Crippen molar-refractivity contribution in [1.29, 1.82) is 0 Å². The smallest absolute Gasteiger partial charge is 0.255 e. The van der Waals surface area contributed by atoms with Crippen LogP contribution >= 0.6 is 23.4 Å². The van der Waals surface area contributed by atoms with E-state index in [4.69, 9.17) is 11.6 Å². The molecule has 0 aliphatic carbocycles. The molecule has 4 nitrogen and oxygen atoms in total. The summed E-state index contributed by atoms with van der Waals surface area (Å²) in [4.78, 5) is 27.5. The maximum absolute atomic E-state index is 12.7. The van der Waals surface area contributed by atoms with Crippen LogP contribution in [0.2, 0.25) is 5.02 Å². The number of rotatable bonds is 7. The van der Waals surface area contributed by atoms with Gasteiger partial charge >= 0.3 is 0 Å². The first-order valence-electron chi connectivity index (χ1n) is 10.2. The lowest BCUT2D eigenvalue weighted by atomic mass is 10.1. The van der Waals surface area contributed by atoms with E-state index in [2.05, 4.69) is 5.32 Å². The highest BCUT2D eigenvalue weighted by Crippen LogP contribution is 2.24. The molecule has 0 saturated carbocycles. The van der Waals surface area contributed by atoms with Gasteiger partial charge in [-0.05, 0) is 66.1 Å². The molecule has 1 N–H and O–H groups in total. The number of nitrogens with one attached hydrogen (secondary N) is 1. The molecule has 3 aromatic rings. The Bertz CT molecular complexity index is 1070. The van der Waals surface area contributed by atoms with E-state index in [0.29, 0.717) is 18.5 Å². The quantitative estimate of drug-likeness (QED) is 0.448. The van der Waals surface area contributed by atoms with Crippen LogP contribution in [0, 0.1) is 0 Å². The number of hydrogen-bond acceptors (Lipinski definition) is 3. The van der Waals surface area contributed by atoms with E-state index in [-0.39, 0.29) is 11.8 Å². The van der Waals surface area contributed by atoms with Crippen LogP contribution in [0.1, 0.15) is 34.3 Å². The third kappa shape index (κ3) is 5.90. The molecule has 1 saturated heterocycles. The lowest BCUT2D eigenvalue weighted by Crippen LogP contribution is -2.23. The van der Waals surface area contributed by atoms with Gasteiger partial charge in [-0.15, -0.1) is 11.8 Å². The van der Waals surface area contributed by atoms with Crippen molar-refractivity contribution in [2.45, 2.75) is 30.0 Å². The maximum Gasteiger partial charge on any atom is 0.255 e. The summed E-state index contributed by atoms with van der Waals surface area (Å²) in [5, 5.41) is 3.69. The fourth-order valence-electron chi connectivity index (χ4n) is 3.49. The SMILES string of the molecule is O=C(Nc1cccc(CN2CCCC2=O)c1)c1ccc(CSc2ccc(Cl)cc2)cc1. The Hall–Kier alpha value is -2.76. The fourth-order valence-corrected chi connectivity index (χ4v) is 4.47. The lowest BCUT2D eigenvalue weighted by Gasteiger charge is -2.16. The third-order valence-corrected chi connectivity index (χ3v) is 6.50. The Morgan fingerprint density at radius 2 is 1.77 bits per heavy atom. The van der Waals surface area contributed by atoms with Crippen LogP contribution < -0.4 is 5.32 Å². The van der Waals surface area contributed by atoms with Crippen LogP contribution in [-0.4, -0.2) is 23.3 Å². The largest absolute Gasteiger partial charge is 0.338 e. The van der Waals surface area contributed by atoms with Crippen LogP contribution in [-0.2, 0) is 17.1 Å². The van der Waals surface area contributed by atoms with Gasteiger partial charge in [0.2, 0.25) is 5.91 Å². The molecular formula is C25H23ClN2O2S. The summed E-state index contributed by atoms with van der Waals surface area (Å²) in [6, 6.07) is 23.1. The van der Waals surface area contributed by atoms with Gasteiger partial charge < -0.3 is 10.2 Å². The fraction of sp³-hybridized carbons (Fsp3) is 0.200. The number of anilines is 1. The Kier molecular flexibility index (Phi) is 6.95. The number of thioether (sulfide) groups is 1. The third-order valence-electron chi connectivity index (χ3n) is 5.16. The second kappa shape index (κ2) is 10.0. The number of carbonyl (C=O) groups is 2. The Labute approximate surface area is 191 Å². The van der Waals surface area contributed by atoms with Crippen LogP contribution in [0.15, 0.2) is 77.7 Å². The number of nitrogens with zero attached hydrogens (tertiary/aromatic N) is 1. The first-order valence-corrected chi connectivity index (χ1v) is 11.6. The van der Waals surface area contributed by atoms with E-state index in [0.717, 1.165) is 45.5 Å². The first-order chi connectivity index (χ1) is 15.1. The van der Waals surface area contributed by atoms with Crippen molar-refractivity contribution in [3.8, 4) is 0 Å². The molecule has 0 radical (unpaired) electrons. The molecule has 31 heavy (non-hydrogen) atoms. The van der Waals surface area contributed by atoms with Crippen LogP contribution in [0.25, 0.3) is 0 Å². The van der Waals surface area contributed by atoms with E-state index in [9.17, 15) is 9.59 Å². The van der Waals surface area contributed by atoms with Crippen molar-refractivity contribution < 1.29 is 9.59 Å². The van der Waals surface area contributed by atoms with Crippen molar-refractivity contribution in [3.05, 3.63) is 94.5 Å². The van der Waals surface area contributed by atoms with E-state index < -0.39 is 0 Å². The maximum atomic E-state index is 12.7. The number of hydrogen-bond donors (Lipinski definition) is 1. The minimum Gasteiger partial charge on any atom is -0.338 e. The van der Waals surface area contributed by atoms with Crippen molar-refractivity contribution in [2.24, 2.45) is 0 Å². The summed E-state index contributed by atoms with van der Waals surface area (Å²) in [7, 11) is 0. The van der Waals surface area contributed by atoms with Crippen molar-refractivity contribution in [2.75, 3.05) is 11.9 Å². The van der Waals surface area contributed by atoms with Crippen molar-refractivity contribution >= 4 is 40.9 Å². The molecule has 158 valence electrons. The van der Waals surface area contributed by atoms with Crippen LogP contribution in [0.4, 0.5) is 5.69 Å². The molecular weight excluding hydrogens is 428 g/mol. The predicted molar refractivity (Wildman–Crippen MR) is 127 cm³/mol. The highest BCUT2D eigenvalue weighted by Gasteiger charge is 2.20. The lowest BCUT2D eigenvalue weighted by molar-refractivity contribution is -0.128. The van der Waals surface area contributed by atoms with E-state index in [1.54, 1.807) is 11.8 Å². The topological polar surface area (TPSA) is 49.4 Å². The molecule has 1 heterocycles. The zero-order valence-electron chi connectivity index (χ0n) is 17.0. The average Bonchev–Trinajstić information content (AvgIpc) is 3.18. The zero-order valence-corrected chi connectivity index (χ0v) is 18.6. The van der Waals surface area contributed by atoms with Crippen LogP contribution in [0.5, 0.6) is 0 Å².